The minimum atomic E-state index is -0.247. The van der Waals surface area contributed by atoms with E-state index in [9.17, 15) is 4.79 Å². The summed E-state index contributed by atoms with van der Waals surface area (Å²) < 4.78 is 0. The van der Waals surface area contributed by atoms with E-state index in [4.69, 9.17) is 17.3 Å². The van der Waals surface area contributed by atoms with Gasteiger partial charge in [0.25, 0.3) is 5.91 Å². The molecule has 4 N–H and O–H groups in total. The molecule has 5 nitrogen and oxygen atoms in total. The minimum Gasteiger partial charge on any atom is -0.320 e. The van der Waals surface area contributed by atoms with Gasteiger partial charge in [0.15, 0.2) is 0 Å². The maximum Gasteiger partial charge on any atom is 0.255 e. The quantitative estimate of drug-likeness (QED) is 0.744. The largest absolute Gasteiger partial charge is 0.320 e. The highest BCUT2D eigenvalue weighted by Gasteiger charge is 2.13. The average Bonchev–Trinajstić information content (AvgIpc) is 2.77. The molecule has 1 amide bonds. The van der Waals surface area contributed by atoms with Gasteiger partial charge in [-0.15, -0.1) is 0 Å². The number of aryl methyl sites for hydroxylation is 2. The van der Waals surface area contributed by atoms with E-state index in [1.165, 1.54) is 0 Å². The Balaban J connectivity index is 2.22. The van der Waals surface area contributed by atoms with Crippen LogP contribution in [0.2, 0.25) is 5.02 Å². The molecule has 1 aromatic carbocycles. The first-order valence-corrected chi connectivity index (χ1v) is 6.72. The number of H-pyrrole nitrogens is 1. The lowest BCUT2D eigenvalue weighted by Crippen LogP contribution is -2.13. The SMILES string of the molecule is Cc1n[nH]c(C)c1NC(=O)c1ccc(C#CCN)c(Cl)c1. The van der Waals surface area contributed by atoms with Crippen molar-refractivity contribution in [2.24, 2.45) is 5.73 Å². The maximum absolute atomic E-state index is 12.2. The number of nitrogens with zero attached hydrogens (tertiary/aromatic N) is 1. The second-order valence-electron chi connectivity index (χ2n) is 4.46. The van der Waals surface area contributed by atoms with Crippen LogP contribution in [0, 0.1) is 25.7 Å². The van der Waals surface area contributed by atoms with Crippen LogP contribution in [0.25, 0.3) is 0 Å². The number of amides is 1. The third-order valence-corrected chi connectivity index (χ3v) is 3.24. The Hall–Kier alpha value is -2.29. The Morgan fingerprint density at radius 3 is 2.81 bits per heavy atom. The Kier molecular flexibility index (Phi) is 4.63. The zero-order valence-corrected chi connectivity index (χ0v) is 12.5. The van der Waals surface area contributed by atoms with E-state index in [1.807, 2.05) is 13.8 Å². The Labute approximate surface area is 127 Å². The molecule has 0 saturated carbocycles. The number of hydrogen-bond donors (Lipinski definition) is 3. The average molecular weight is 303 g/mol. The number of carbonyl (C=O) groups excluding carboxylic acids is 1. The standard InChI is InChI=1S/C15H15ClN4O/c1-9-14(10(2)20-19-9)18-15(21)12-6-5-11(4-3-7-17)13(16)8-12/h5-6,8H,7,17H2,1-2H3,(H,18,21)(H,19,20). The van der Waals surface area contributed by atoms with Crippen molar-refractivity contribution in [3.05, 3.63) is 45.7 Å². The molecule has 0 atom stereocenters. The van der Waals surface area contributed by atoms with Gasteiger partial charge in [0.05, 0.1) is 28.6 Å². The van der Waals surface area contributed by atoms with Crippen LogP contribution >= 0.6 is 11.6 Å². The van der Waals surface area contributed by atoms with Crippen molar-refractivity contribution in [3.63, 3.8) is 0 Å². The van der Waals surface area contributed by atoms with Gasteiger partial charge in [-0.25, -0.2) is 0 Å². The number of aromatic amines is 1. The molecular weight excluding hydrogens is 288 g/mol. The predicted octanol–water partition coefficient (Wildman–Crippen LogP) is 2.24. The third-order valence-electron chi connectivity index (χ3n) is 2.92. The summed E-state index contributed by atoms with van der Waals surface area (Å²) in [7, 11) is 0. The molecule has 0 radical (unpaired) electrons. The summed E-state index contributed by atoms with van der Waals surface area (Å²) in [6.07, 6.45) is 0. The van der Waals surface area contributed by atoms with Gasteiger partial charge in [-0.05, 0) is 32.0 Å². The highest BCUT2D eigenvalue weighted by atomic mass is 35.5. The number of rotatable bonds is 2. The molecule has 0 aliphatic heterocycles. The second kappa shape index (κ2) is 6.44. The normalized spacial score (nSPS) is 9.90. The van der Waals surface area contributed by atoms with E-state index >= 15 is 0 Å². The lowest BCUT2D eigenvalue weighted by molar-refractivity contribution is 0.102. The summed E-state index contributed by atoms with van der Waals surface area (Å²) in [5, 5.41) is 10.1. The smallest absolute Gasteiger partial charge is 0.255 e. The van der Waals surface area contributed by atoms with Crippen LogP contribution in [0.4, 0.5) is 5.69 Å². The Bertz CT molecular complexity index is 720. The van der Waals surface area contributed by atoms with Crippen LogP contribution in [0.5, 0.6) is 0 Å². The summed E-state index contributed by atoms with van der Waals surface area (Å²) in [5.74, 6) is 5.33. The van der Waals surface area contributed by atoms with Crippen molar-refractivity contribution < 1.29 is 4.79 Å². The Morgan fingerprint density at radius 1 is 1.48 bits per heavy atom. The van der Waals surface area contributed by atoms with Crippen LogP contribution in [0.3, 0.4) is 0 Å². The summed E-state index contributed by atoms with van der Waals surface area (Å²) in [6.45, 7) is 3.92. The van der Waals surface area contributed by atoms with E-state index in [2.05, 4.69) is 27.4 Å². The molecule has 0 aliphatic rings. The van der Waals surface area contributed by atoms with Gasteiger partial charge >= 0.3 is 0 Å². The number of carbonyl (C=O) groups is 1. The van der Waals surface area contributed by atoms with Crippen molar-refractivity contribution in [3.8, 4) is 11.8 Å². The number of anilines is 1. The fourth-order valence-electron chi connectivity index (χ4n) is 1.82. The molecule has 2 aromatic rings. The molecule has 6 heteroatoms. The number of nitrogens with one attached hydrogen (secondary N) is 2. The minimum absolute atomic E-state index is 0.247. The summed E-state index contributed by atoms with van der Waals surface area (Å²) in [5.41, 5.74) is 8.64. The number of hydrogen-bond acceptors (Lipinski definition) is 3. The molecule has 0 aliphatic carbocycles. The molecule has 2 rings (SSSR count). The number of aromatic nitrogens is 2. The fourth-order valence-corrected chi connectivity index (χ4v) is 2.05. The molecule has 21 heavy (non-hydrogen) atoms. The fraction of sp³-hybridized carbons (Fsp3) is 0.200. The lowest BCUT2D eigenvalue weighted by Gasteiger charge is -2.06. The van der Waals surface area contributed by atoms with E-state index in [-0.39, 0.29) is 12.5 Å². The third kappa shape index (κ3) is 3.43. The highest BCUT2D eigenvalue weighted by molar-refractivity contribution is 6.32. The van der Waals surface area contributed by atoms with E-state index in [0.29, 0.717) is 21.8 Å². The van der Waals surface area contributed by atoms with Crippen molar-refractivity contribution in [2.45, 2.75) is 13.8 Å². The molecule has 1 heterocycles. The van der Waals surface area contributed by atoms with Crippen LogP contribution in [0.1, 0.15) is 27.3 Å². The summed E-state index contributed by atoms with van der Waals surface area (Å²) in [6, 6.07) is 4.96. The molecule has 0 bridgehead atoms. The first-order chi connectivity index (χ1) is 10.0. The molecule has 1 aromatic heterocycles. The van der Waals surface area contributed by atoms with E-state index < -0.39 is 0 Å². The van der Waals surface area contributed by atoms with Gasteiger partial charge in [0.1, 0.15) is 0 Å². The van der Waals surface area contributed by atoms with Gasteiger partial charge < -0.3 is 11.1 Å². The van der Waals surface area contributed by atoms with Crippen LogP contribution < -0.4 is 11.1 Å². The van der Waals surface area contributed by atoms with Crippen molar-refractivity contribution in [2.75, 3.05) is 11.9 Å². The molecule has 108 valence electrons. The molecular formula is C15H15ClN4O. The number of nitrogens with two attached hydrogens (primary N) is 1. The summed E-state index contributed by atoms with van der Waals surface area (Å²) >= 11 is 6.11. The van der Waals surface area contributed by atoms with Gasteiger partial charge in [0, 0.05) is 11.1 Å². The summed E-state index contributed by atoms with van der Waals surface area (Å²) in [4.78, 5) is 12.2. The van der Waals surface area contributed by atoms with Crippen LogP contribution in [-0.4, -0.2) is 22.6 Å². The van der Waals surface area contributed by atoms with Crippen LogP contribution in [0.15, 0.2) is 18.2 Å². The van der Waals surface area contributed by atoms with E-state index in [1.54, 1.807) is 18.2 Å². The monoisotopic (exact) mass is 302 g/mol. The van der Waals surface area contributed by atoms with Gasteiger partial charge in [-0.2, -0.15) is 5.10 Å². The van der Waals surface area contributed by atoms with Gasteiger partial charge in [0.2, 0.25) is 0 Å². The van der Waals surface area contributed by atoms with Gasteiger partial charge in [-0.3, -0.25) is 9.89 Å². The Morgan fingerprint density at radius 2 is 2.24 bits per heavy atom. The predicted molar refractivity (Wildman–Crippen MR) is 83.4 cm³/mol. The van der Waals surface area contributed by atoms with Crippen molar-refractivity contribution >= 4 is 23.2 Å². The highest BCUT2D eigenvalue weighted by Crippen LogP contribution is 2.20. The zero-order valence-electron chi connectivity index (χ0n) is 11.7. The lowest BCUT2D eigenvalue weighted by atomic mass is 10.1. The van der Waals surface area contributed by atoms with Crippen LogP contribution in [-0.2, 0) is 0 Å². The zero-order chi connectivity index (χ0) is 15.4. The molecule has 0 fully saturated rings. The number of halogens is 1. The topological polar surface area (TPSA) is 83.8 Å². The first kappa shape index (κ1) is 15.1. The van der Waals surface area contributed by atoms with E-state index in [0.717, 1.165) is 11.4 Å². The second-order valence-corrected chi connectivity index (χ2v) is 4.87. The maximum atomic E-state index is 12.2. The molecule has 0 saturated heterocycles. The van der Waals surface area contributed by atoms with Crippen molar-refractivity contribution in [1.29, 1.82) is 0 Å². The first-order valence-electron chi connectivity index (χ1n) is 6.34. The molecule has 0 unspecified atom stereocenters. The van der Waals surface area contributed by atoms with Gasteiger partial charge in [-0.1, -0.05) is 23.4 Å². The molecule has 0 spiro atoms. The van der Waals surface area contributed by atoms with Crippen molar-refractivity contribution in [1.82, 2.24) is 10.2 Å². The number of benzene rings is 1.